The summed E-state index contributed by atoms with van der Waals surface area (Å²) in [7, 11) is -3.58. The Balaban J connectivity index is 1.47. The maximum Gasteiger partial charge on any atom is 0.312 e. The molecule has 5 rings (SSSR count). The molecule has 2 aromatic carbocycles. The third-order valence-corrected chi connectivity index (χ3v) is 11.5. The van der Waals surface area contributed by atoms with E-state index in [0.717, 1.165) is 56.2 Å². The molecule has 5 atom stereocenters. The summed E-state index contributed by atoms with van der Waals surface area (Å²) < 4.78 is 19.6. The van der Waals surface area contributed by atoms with Gasteiger partial charge in [-0.05, 0) is 57.2 Å². The predicted molar refractivity (Wildman–Crippen MR) is 149 cm³/mol. The minimum atomic E-state index is -3.58. The van der Waals surface area contributed by atoms with Crippen LogP contribution in [0.2, 0.25) is 0 Å². The van der Waals surface area contributed by atoms with Crippen molar-refractivity contribution < 1.29 is 14.2 Å². The van der Waals surface area contributed by atoms with Crippen molar-refractivity contribution in [3.8, 4) is 0 Å². The van der Waals surface area contributed by atoms with Crippen molar-refractivity contribution in [3.05, 3.63) is 71.8 Å². The Morgan fingerprint density at radius 3 is 1.87 bits per heavy atom. The lowest BCUT2D eigenvalue weighted by atomic mass is 9.88. The smallest absolute Gasteiger partial charge is 0.312 e. The molecule has 3 aliphatic rings. The van der Waals surface area contributed by atoms with Gasteiger partial charge < -0.3 is 10.6 Å². The molecule has 3 N–H and O–H groups in total. The van der Waals surface area contributed by atoms with Gasteiger partial charge in [0.05, 0.1) is 12.6 Å². The fraction of sp³-hybridized carbons (Fsp3) is 0.517. The Kier molecular flexibility index (Phi) is 8.34. The van der Waals surface area contributed by atoms with Crippen LogP contribution in [0.25, 0.3) is 0 Å². The molecule has 0 radical (unpaired) electrons. The molecule has 8 nitrogen and oxygen atoms in total. The van der Waals surface area contributed by atoms with Crippen LogP contribution in [0.4, 0.5) is 0 Å². The van der Waals surface area contributed by atoms with Crippen molar-refractivity contribution in [2.24, 2.45) is 0 Å². The number of fused-ring (bicyclic) bond motifs is 1. The highest BCUT2D eigenvalue weighted by Gasteiger charge is 2.59. The molecular weight excluding hydrogens is 497 g/mol. The molecule has 2 amide bonds. The first-order valence-electron chi connectivity index (χ1n) is 14.0. The Labute approximate surface area is 226 Å². The molecule has 2 aromatic rings. The third-order valence-electron chi connectivity index (χ3n) is 8.43. The number of amides is 2. The van der Waals surface area contributed by atoms with Gasteiger partial charge in [-0.3, -0.25) is 19.2 Å². The molecular formula is C29H40N5O3P. The number of carbonyl (C=O) groups is 2. The van der Waals surface area contributed by atoms with E-state index < -0.39 is 13.5 Å². The zero-order valence-electron chi connectivity index (χ0n) is 22.4. The number of benzene rings is 2. The minimum Gasteiger partial charge on any atom is -0.346 e. The van der Waals surface area contributed by atoms with Gasteiger partial charge in [-0.1, -0.05) is 73.5 Å². The van der Waals surface area contributed by atoms with Crippen molar-refractivity contribution in [3.63, 3.8) is 0 Å². The second-order valence-electron chi connectivity index (χ2n) is 10.8. The van der Waals surface area contributed by atoms with Gasteiger partial charge in [-0.15, -0.1) is 0 Å². The monoisotopic (exact) mass is 537 g/mol. The number of carbonyl (C=O) groups excluding carboxylic acids is 2. The fourth-order valence-corrected chi connectivity index (χ4v) is 9.98. The molecule has 1 saturated carbocycles. The number of hydrogen-bond acceptors (Lipinski definition) is 4. The van der Waals surface area contributed by atoms with Crippen LogP contribution in [0, 0.1) is 0 Å². The summed E-state index contributed by atoms with van der Waals surface area (Å²) in [4.78, 5) is 25.9. The lowest BCUT2D eigenvalue weighted by Crippen LogP contribution is -2.46. The van der Waals surface area contributed by atoms with Gasteiger partial charge >= 0.3 is 7.59 Å². The van der Waals surface area contributed by atoms with Gasteiger partial charge in [-0.2, -0.15) is 0 Å². The van der Waals surface area contributed by atoms with Gasteiger partial charge in [0, 0.05) is 24.2 Å². The SMILES string of the molecule is C[C@H](c1ccccc1)N1[C@@H]2CCCC[C@H]2N([C@H](C)c2ccccc2)P1(=O)NC(=O)CNC(=O)C1CCCN1. The second kappa shape index (κ2) is 11.7. The van der Waals surface area contributed by atoms with Gasteiger partial charge in [0.2, 0.25) is 11.8 Å². The molecule has 2 heterocycles. The first-order valence-corrected chi connectivity index (χ1v) is 15.6. The summed E-state index contributed by atoms with van der Waals surface area (Å²) >= 11 is 0. The number of nitrogens with one attached hydrogen (secondary N) is 3. The normalized spacial score (nSPS) is 26.8. The van der Waals surface area contributed by atoms with E-state index in [-0.39, 0.29) is 42.7 Å². The van der Waals surface area contributed by atoms with Gasteiger partial charge in [-0.25, -0.2) is 9.34 Å². The number of rotatable bonds is 8. The summed E-state index contributed by atoms with van der Waals surface area (Å²) in [6, 6.07) is 19.8. The highest BCUT2D eigenvalue weighted by atomic mass is 31.2. The molecule has 3 fully saturated rings. The highest BCUT2D eigenvalue weighted by molar-refractivity contribution is 7.58. The van der Waals surface area contributed by atoms with E-state index in [1.54, 1.807) is 0 Å². The molecule has 1 aliphatic carbocycles. The summed E-state index contributed by atoms with van der Waals surface area (Å²) in [5.41, 5.74) is 2.14. The zero-order chi connectivity index (χ0) is 26.7. The third kappa shape index (κ3) is 5.32. The van der Waals surface area contributed by atoms with Crippen molar-refractivity contribution in [2.45, 2.75) is 82.6 Å². The van der Waals surface area contributed by atoms with Crippen LogP contribution in [-0.2, 0) is 14.2 Å². The van der Waals surface area contributed by atoms with E-state index in [4.69, 9.17) is 0 Å². The molecule has 9 heteroatoms. The summed E-state index contributed by atoms with van der Waals surface area (Å²) in [5.74, 6) is -0.603. The van der Waals surface area contributed by atoms with Crippen LogP contribution < -0.4 is 15.7 Å². The predicted octanol–water partition coefficient (Wildman–Crippen LogP) is 4.53. The number of nitrogens with zero attached hydrogens (tertiary/aromatic N) is 2. The van der Waals surface area contributed by atoms with Crippen molar-refractivity contribution in [1.29, 1.82) is 0 Å². The van der Waals surface area contributed by atoms with Crippen LogP contribution >= 0.6 is 7.59 Å². The van der Waals surface area contributed by atoms with Gasteiger partial charge in [0.1, 0.15) is 0 Å². The molecule has 0 aromatic heterocycles. The molecule has 2 saturated heterocycles. The Bertz CT molecular complexity index is 1090. The number of hydrogen-bond donors (Lipinski definition) is 3. The van der Waals surface area contributed by atoms with E-state index in [1.165, 1.54) is 0 Å². The van der Waals surface area contributed by atoms with E-state index in [2.05, 4.69) is 63.2 Å². The minimum absolute atomic E-state index is 0.0635. The zero-order valence-corrected chi connectivity index (χ0v) is 23.3. The molecule has 204 valence electrons. The maximum absolute atomic E-state index is 15.4. The van der Waals surface area contributed by atoms with Gasteiger partial charge in [0.15, 0.2) is 0 Å². The molecule has 1 unspecified atom stereocenters. The Morgan fingerprint density at radius 1 is 0.868 bits per heavy atom. The van der Waals surface area contributed by atoms with E-state index >= 15 is 4.57 Å². The first-order chi connectivity index (χ1) is 18.4. The van der Waals surface area contributed by atoms with Crippen LogP contribution in [0.15, 0.2) is 60.7 Å². The Morgan fingerprint density at radius 2 is 1.39 bits per heavy atom. The standard InChI is InChI=1S/C29H40N5O3P/c1-21(23-12-5-3-6-13-23)33-26-17-9-10-18-27(26)34(22(2)24-14-7-4-8-15-24)38(33,37)32-28(35)20-31-29(36)25-16-11-19-30-25/h3-8,12-15,21-22,25-27,30H,9-11,16-20H2,1-2H3,(H,31,36)(H,32,35,37)/t21-,22-,25?,26-,27-/m1/s1. The van der Waals surface area contributed by atoms with Crippen LogP contribution in [0.5, 0.6) is 0 Å². The van der Waals surface area contributed by atoms with Crippen LogP contribution in [-0.4, -0.2) is 52.4 Å². The van der Waals surface area contributed by atoms with Crippen LogP contribution in [0.1, 0.15) is 75.6 Å². The molecule has 2 aliphatic heterocycles. The molecule has 38 heavy (non-hydrogen) atoms. The quantitative estimate of drug-likeness (QED) is 0.429. The van der Waals surface area contributed by atoms with E-state index in [1.807, 2.05) is 36.4 Å². The fourth-order valence-electron chi connectivity index (χ4n) is 6.56. The Hall–Kier alpha value is -2.51. The lowest BCUT2D eigenvalue weighted by Gasteiger charge is -2.38. The lowest BCUT2D eigenvalue weighted by molar-refractivity contribution is -0.126. The van der Waals surface area contributed by atoms with Crippen molar-refractivity contribution in [1.82, 2.24) is 25.1 Å². The summed E-state index contributed by atoms with van der Waals surface area (Å²) in [5, 5.41) is 8.91. The largest absolute Gasteiger partial charge is 0.346 e. The average Bonchev–Trinajstić information content (AvgIpc) is 3.57. The second-order valence-corrected chi connectivity index (χ2v) is 13.0. The van der Waals surface area contributed by atoms with Crippen molar-refractivity contribution >= 4 is 19.4 Å². The molecule has 0 bridgehead atoms. The van der Waals surface area contributed by atoms with Gasteiger partial charge in [0.25, 0.3) is 0 Å². The average molecular weight is 538 g/mol. The summed E-state index contributed by atoms with van der Waals surface area (Å²) in [6.45, 7) is 4.78. The van der Waals surface area contributed by atoms with E-state index in [0.29, 0.717) is 0 Å². The highest BCUT2D eigenvalue weighted by Crippen LogP contribution is 2.66. The van der Waals surface area contributed by atoms with Crippen molar-refractivity contribution in [2.75, 3.05) is 13.1 Å². The maximum atomic E-state index is 15.4. The first kappa shape index (κ1) is 27.1. The van der Waals surface area contributed by atoms with Crippen LogP contribution in [0.3, 0.4) is 0 Å². The summed E-state index contributed by atoms with van der Waals surface area (Å²) in [6.07, 6.45) is 5.73. The molecule has 0 spiro atoms. The topological polar surface area (TPSA) is 93.8 Å². The van der Waals surface area contributed by atoms with E-state index in [9.17, 15) is 9.59 Å².